The molecular formula is C19H30N2O4. The quantitative estimate of drug-likeness (QED) is 0.550. The van der Waals surface area contributed by atoms with Gasteiger partial charge in [-0.05, 0) is 38.2 Å². The van der Waals surface area contributed by atoms with Crippen LogP contribution in [0.1, 0.15) is 46.1 Å². The Bertz CT molecular complexity index is 552. The van der Waals surface area contributed by atoms with Gasteiger partial charge in [0.1, 0.15) is 0 Å². The average Bonchev–Trinajstić information content (AvgIpc) is 2.50. The van der Waals surface area contributed by atoms with Crippen LogP contribution in [-0.4, -0.2) is 39.9 Å². The van der Waals surface area contributed by atoms with Gasteiger partial charge in [0.25, 0.3) is 0 Å². The highest BCUT2D eigenvalue weighted by atomic mass is 16.4. The number of carbonyl (C=O) groups excluding carboxylic acids is 1. The molecule has 4 N–H and O–H groups in total. The van der Waals surface area contributed by atoms with Crippen LogP contribution in [0.25, 0.3) is 0 Å². The fourth-order valence-corrected chi connectivity index (χ4v) is 2.95. The molecule has 6 nitrogen and oxygen atoms in total. The fourth-order valence-electron chi connectivity index (χ4n) is 2.95. The average molecular weight is 350 g/mol. The van der Waals surface area contributed by atoms with E-state index in [0.29, 0.717) is 12.8 Å². The van der Waals surface area contributed by atoms with Crippen molar-refractivity contribution in [3.63, 3.8) is 0 Å². The number of hydrogen-bond donors (Lipinski definition) is 4. The van der Waals surface area contributed by atoms with E-state index in [-0.39, 0.29) is 18.4 Å². The van der Waals surface area contributed by atoms with Crippen molar-refractivity contribution < 1.29 is 19.8 Å². The number of aliphatic hydroxyl groups is 1. The minimum absolute atomic E-state index is 0.0170. The number of hydrogen-bond acceptors (Lipinski definition) is 3. The molecule has 6 heteroatoms. The molecule has 0 aromatic heterocycles. The number of nitrogens with one attached hydrogen (secondary N) is 2. The third kappa shape index (κ3) is 8.03. The molecule has 0 aliphatic carbocycles. The second-order valence-electron chi connectivity index (χ2n) is 7.31. The Morgan fingerprint density at radius 3 is 2.20 bits per heavy atom. The highest BCUT2D eigenvalue weighted by Crippen LogP contribution is 2.16. The predicted molar refractivity (Wildman–Crippen MR) is 97.4 cm³/mol. The zero-order chi connectivity index (χ0) is 19.0. The van der Waals surface area contributed by atoms with Gasteiger partial charge >= 0.3 is 12.0 Å². The lowest BCUT2D eigenvalue weighted by Gasteiger charge is -2.34. The van der Waals surface area contributed by atoms with E-state index in [1.807, 2.05) is 44.2 Å². The third-order valence-electron chi connectivity index (χ3n) is 4.08. The molecule has 0 heterocycles. The lowest BCUT2D eigenvalue weighted by Crippen LogP contribution is -2.56. The maximum absolute atomic E-state index is 12.4. The minimum atomic E-state index is -1.05. The van der Waals surface area contributed by atoms with Crippen LogP contribution < -0.4 is 10.6 Å². The Kier molecular flexibility index (Phi) is 7.90. The van der Waals surface area contributed by atoms with E-state index >= 15 is 0 Å². The van der Waals surface area contributed by atoms with Crippen molar-refractivity contribution >= 4 is 12.0 Å². The summed E-state index contributed by atoms with van der Waals surface area (Å²) in [7, 11) is 0. The molecule has 0 radical (unpaired) electrons. The lowest BCUT2D eigenvalue weighted by molar-refractivity contribution is -0.137. The van der Waals surface area contributed by atoms with E-state index < -0.39 is 23.6 Å². The first-order chi connectivity index (χ1) is 11.6. The van der Waals surface area contributed by atoms with Crippen LogP contribution in [0, 0.1) is 5.92 Å². The van der Waals surface area contributed by atoms with Gasteiger partial charge in [-0.3, -0.25) is 4.79 Å². The number of rotatable bonds is 9. The molecule has 2 amide bonds. The number of aliphatic carboxylic acids is 1. The number of benzene rings is 1. The van der Waals surface area contributed by atoms with Crippen LogP contribution in [0.3, 0.4) is 0 Å². The van der Waals surface area contributed by atoms with Gasteiger partial charge < -0.3 is 20.8 Å². The summed E-state index contributed by atoms with van der Waals surface area (Å²) >= 11 is 0. The molecule has 2 atom stereocenters. The van der Waals surface area contributed by atoms with E-state index in [9.17, 15) is 14.7 Å². The van der Waals surface area contributed by atoms with Gasteiger partial charge in [-0.25, -0.2) is 4.79 Å². The monoisotopic (exact) mass is 350 g/mol. The molecule has 1 unspecified atom stereocenters. The zero-order valence-electron chi connectivity index (χ0n) is 15.5. The molecule has 0 aliphatic heterocycles. The van der Waals surface area contributed by atoms with Crippen molar-refractivity contribution in [2.45, 2.75) is 64.6 Å². The van der Waals surface area contributed by atoms with E-state index in [0.717, 1.165) is 5.56 Å². The molecule has 25 heavy (non-hydrogen) atoms. The fraction of sp³-hybridized carbons (Fsp3) is 0.579. The third-order valence-corrected chi connectivity index (χ3v) is 4.08. The van der Waals surface area contributed by atoms with Gasteiger partial charge in [-0.2, -0.15) is 0 Å². The SMILES string of the molecule is CC(C)[C@H](NC(=O)NC(CCC(=O)O)Cc1ccccc1)C(C)(C)O. The van der Waals surface area contributed by atoms with Crippen molar-refractivity contribution in [2.24, 2.45) is 5.92 Å². The smallest absolute Gasteiger partial charge is 0.315 e. The predicted octanol–water partition coefficient (Wildman–Crippen LogP) is 2.56. The first-order valence-corrected chi connectivity index (χ1v) is 8.64. The largest absolute Gasteiger partial charge is 0.481 e. The van der Waals surface area contributed by atoms with Gasteiger partial charge in [0.05, 0.1) is 11.6 Å². The number of carbonyl (C=O) groups is 2. The van der Waals surface area contributed by atoms with Crippen molar-refractivity contribution in [3.05, 3.63) is 35.9 Å². The zero-order valence-corrected chi connectivity index (χ0v) is 15.5. The second kappa shape index (κ2) is 9.42. The van der Waals surface area contributed by atoms with Crippen LogP contribution >= 0.6 is 0 Å². The molecule has 0 spiro atoms. The van der Waals surface area contributed by atoms with Gasteiger partial charge in [-0.1, -0.05) is 44.2 Å². The first-order valence-electron chi connectivity index (χ1n) is 8.64. The van der Waals surface area contributed by atoms with Crippen LogP contribution in [0.2, 0.25) is 0 Å². The standard InChI is InChI=1S/C19H30N2O4/c1-13(2)17(19(3,4)25)21-18(24)20-15(10-11-16(22)23)12-14-8-6-5-7-9-14/h5-9,13,15,17,25H,10-12H2,1-4H3,(H,22,23)(H2,20,21,24)/t15?,17-/m0/s1. The molecule has 0 saturated carbocycles. The molecule has 1 aromatic carbocycles. The molecule has 0 aliphatic rings. The summed E-state index contributed by atoms with van der Waals surface area (Å²) in [6.07, 6.45) is 0.875. The van der Waals surface area contributed by atoms with Crippen LogP contribution in [0.4, 0.5) is 4.79 Å². The van der Waals surface area contributed by atoms with Crippen LogP contribution in [0.5, 0.6) is 0 Å². The summed E-state index contributed by atoms with van der Waals surface area (Å²) in [6.45, 7) is 7.16. The normalized spacial score (nSPS) is 14.0. The Morgan fingerprint density at radius 1 is 1.12 bits per heavy atom. The van der Waals surface area contributed by atoms with E-state index in [1.165, 1.54) is 0 Å². The maximum atomic E-state index is 12.4. The molecule has 140 valence electrons. The topological polar surface area (TPSA) is 98.7 Å². The minimum Gasteiger partial charge on any atom is -0.481 e. The van der Waals surface area contributed by atoms with Gasteiger partial charge in [0.2, 0.25) is 0 Å². The van der Waals surface area contributed by atoms with Crippen molar-refractivity contribution in [3.8, 4) is 0 Å². The summed E-state index contributed by atoms with van der Waals surface area (Å²) in [5.41, 5.74) is -0.0253. The summed E-state index contributed by atoms with van der Waals surface area (Å²) in [5.74, 6) is -0.839. The van der Waals surface area contributed by atoms with Crippen LogP contribution in [-0.2, 0) is 11.2 Å². The lowest BCUT2D eigenvalue weighted by atomic mass is 9.89. The highest BCUT2D eigenvalue weighted by Gasteiger charge is 2.31. The van der Waals surface area contributed by atoms with Crippen molar-refractivity contribution in [1.82, 2.24) is 10.6 Å². The van der Waals surface area contributed by atoms with Gasteiger partial charge in [0.15, 0.2) is 0 Å². The second-order valence-corrected chi connectivity index (χ2v) is 7.31. The van der Waals surface area contributed by atoms with E-state index in [1.54, 1.807) is 13.8 Å². The van der Waals surface area contributed by atoms with Crippen molar-refractivity contribution in [1.29, 1.82) is 0 Å². The Morgan fingerprint density at radius 2 is 1.72 bits per heavy atom. The Balaban J connectivity index is 2.74. The number of urea groups is 1. The van der Waals surface area contributed by atoms with E-state index in [4.69, 9.17) is 5.11 Å². The number of carboxylic acids is 1. The summed E-state index contributed by atoms with van der Waals surface area (Å²) in [6, 6.07) is 8.51. The van der Waals surface area contributed by atoms with Gasteiger partial charge in [0, 0.05) is 12.5 Å². The number of amides is 2. The molecule has 0 fully saturated rings. The number of carboxylic acid groups (broad SMARTS) is 1. The summed E-state index contributed by atoms with van der Waals surface area (Å²) in [5, 5.41) is 24.8. The van der Waals surface area contributed by atoms with E-state index in [2.05, 4.69) is 10.6 Å². The van der Waals surface area contributed by atoms with Gasteiger partial charge in [-0.15, -0.1) is 0 Å². The molecule has 0 saturated heterocycles. The molecular weight excluding hydrogens is 320 g/mol. The summed E-state index contributed by atoms with van der Waals surface area (Å²) < 4.78 is 0. The first kappa shape index (κ1) is 21.0. The maximum Gasteiger partial charge on any atom is 0.315 e. The summed E-state index contributed by atoms with van der Waals surface area (Å²) in [4.78, 5) is 23.2. The highest BCUT2D eigenvalue weighted by molar-refractivity contribution is 5.75. The molecule has 1 rings (SSSR count). The molecule has 0 bridgehead atoms. The van der Waals surface area contributed by atoms with Crippen molar-refractivity contribution in [2.75, 3.05) is 0 Å². The van der Waals surface area contributed by atoms with Crippen LogP contribution in [0.15, 0.2) is 30.3 Å². The Hall–Kier alpha value is -2.08. The molecule has 1 aromatic rings. The Labute approximate surface area is 149 Å².